The number of ether oxygens (including phenoxy) is 3. The Morgan fingerprint density at radius 2 is 1.83 bits per heavy atom. The second kappa shape index (κ2) is 7.48. The molecule has 3 aromatic rings. The average Bonchev–Trinajstić information content (AvgIpc) is 3.08. The molecule has 0 saturated heterocycles. The lowest BCUT2D eigenvalue weighted by molar-refractivity contribution is 0.363. The van der Waals surface area contributed by atoms with Crippen LogP contribution in [0.4, 0.5) is 0 Å². The van der Waals surface area contributed by atoms with E-state index in [-0.39, 0.29) is 5.88 Å². The summed E-state index contributed by atoms with van der Waals surface area (Å²) in [7, 11) is 3.18. The number of methoxy groups -OCH3 is 2. The van der Waals surface area contributed by atoms with Gasteiger partial charge in [-0.15, -0.1) is 0 Å². The molecule has 1 aromatic heterocycles. The highest BCUT2D eigenvalue weighted by Crippen LogP contribution is 2.47. The molecule has 0 radical (unpaired) electrons. The molecule has 2 aromatic carbocycles. The van der Waals surface area contributed by atoms with E-state index in [0.29, 0.717) is 23.0 Å². The van der Waals surface area contributed by atoms with Crippen molar-refractivity contribution in [2.24, 2.45) is 5.73 Å². The molecule has 0 saturated carbocycles. The van der Waals surface area contributed by atoms with Gasteiger partial charge in [0.2, 0.25) is 11.8 Å². The summed E-state index contributed by atoms with van der Waals surface area (Å²) in [5.41, 5.74) is 10.8. The van der Waals surface area contributed by atoms with E-state index in [2.05, 4.69) is 6.07 Å². The van der Waals surface area contributed by atoms with E-state index in [1.54, 1.807) is 25.0 Å². The molecule has 152 valence electrons. The van der Waals surface area contributed by atoms with Crippen LogP contribution in [0.5, 0.6) is 17.4 Å². The number of rotatable bonds is 4. The van der Waals surface area contributed by atoms with Gasteiger partial charge in [-0.2, -0.15) is 10.4 Å². The van der Waals surface area contributed by atoms with Crippen molar-refractivity contribution >= 4 is 0 Å². The fourth-order valence-corrected chi connectivity index (χ4v) is 3.74. The predicted octanol–water partition coefficient (Wildman–Crippen LogP) is 3.72. The number of hydrogen-bond acceptors (Lipinski definition) is 6. The Labute approximate surface area is 174 Å². The predicted molar refractivity (Wildman–Crippen MR) is 112 cm³/mol. The van der Waals surface area contributed by atoms with Gasteiger partial charge in [0.05, 0.1) is 37.1 Å². The summed E-state index contributed by atoms with van der Waals surface area (Å²) < 4.78 is 18.6. The van der Waals surface area contributed by atoms with Gasteiger partial charge in [-0.1, -0.05) is 23.8 Å². The smallest absolute Gasteiger partial charge is 0.229 e. The summed E-state index contributed by atoms with van der Waals surface area (Å²) in [6.45, 7) is 3.92. The Bertz CT molecular complexity index is 1190. The number of aromatic nitrogens is 2. The van der Waals surface area contributed by atoms with Crippen LogP contribution in [0.2, 0.25) is 0 Å². The van der Waals surface area contributed by atoms with E-state index in [1.807, 2.05) is 50.2 Å². The first-order valence-electron chi connectivity index (χ1n) is 9.44. The van der Waals surface area contributed by atoms with Gasteiger partial charge in [0, 0.05) is 11.6 Å². The van der Waals surface area contributed by atoms with Crippen LogP contribution in [0.3, 0.4) is 0 Å². The molecule has 0 aliphatic carbocycles. The fraction of sp³-hybridized carbons (Fsp3) is 0.217. The maximum Gasteiger partial charge on any atom is 0.229 e. The lowest BCUT2D eigenvalue weighted by Gasteiger charge is -2.26. The van der Waals surface area contributed by atoms with Gasteiger partial charge >= 0.3 is 0 Å². The average molecular weight is 402 g/mol. The molecule has 30 heavy (non-hydrogen) atoms. The summed E-state index contributed by atoms with van der Waals surface area (Å²) in [5, 5.41) is 14.6. The number of benzene rings is 2. The highest BCUT2D eigenvalue weighted by molar-refractivity contribution is 5.60. The maximum absolute atomic E-state index is 9.87. The molecule has 0 bridgehead atoms. The number of allylic oxidation sites excluding steroid dienone is 1. The van der Waals surface area contributed by atoms with Crippen LogP contribution < -0.4 is 19.9 Å². The van der Waals surface area contributed by atoms with Gasteiger partial charge in [-0.3, -0.25) is 0 Å². The van der Waals surface area contributed by atoms with Gasteiger partial charge in [-0.25, -0.2) is 4.68 Å². The van der Waals surface area contributed by atoms with Crippen molar-refractivity contribution < 1.29 is 14.2 Å². The quantitative estimate of drug-likeness (QED) is 0.715. The molecule has 1 aliphatic heterocycles. The number of fused-ring (bicyclic) bond motifs is 1. The molecule has 2 N–H and O–H groups in total. The molecule has 0 amide bonds. The van der Waals surface area contributed by atoms with Gasteiger partial charge in [-0.05, 0) is 32.0 Å². The molecule has 2 heterocycles. The fourth-order valence-electron chi connectivity index (χ4n) is 3.74. The molecule has 0 unspecified atom stereocenters. The Morgan fingerprint density at radius 3 is 2.47 bits per heavy atom. The van der Waals surface area contributed by atoms with Crippen LogP contribution in [0, 0.1) is 25.2 Å². The molecule has 7 nitrogen and oxygen atoms in total. The van der Waals surface area contributed by atoms with E-state index < -0.39 is 5.92 Å². The van der Waals surface area contributed by atoms with E-state index in [4.69, 9.17) is 25.0 Å². The van der Waals surface area contributed by atoms with Gasteiger partial charge < -0.3 is 19.9 Å². The minimum absolute atomic E-state index is 0.0566. The Morgan fingerprint density at radius 1 is 1.10 bits per heavy atom. The van der Waals surface area contributed by atoms with Crippen molar-refractivity contribution in [3.05, 3.63) is 76.3 Å². The molecule has 4 rings (SSSR count). The Hall–Kier alpha value is -3.92. The number of nitriles is 1. The number of nitrogens with zero attached hydrogens (tertiary/aromatic N) is 3. The van der Waals surface area contributed by atoms with Gasteiger partial charge in [0.25, 0.3) is 0 Å². The second-order valence-corrected chi connectivity index (χ2v) is 7.08. The molecule has 0 spiro atoms. The van der Waals surface area contributed by atoms with Crippen molar-refractivity contribution in [3.63, 3.8) is 0 Å². The van der Waals surface area contributed by atoms with Crippen LogP contribution in [0.25, 0.3) is 5.69 Å². The van der Waals surface area contributed by atoms with E-state index >= 15 is 0 Å². The summed E-state index contributed by atoms with van der Waals surface area (Å²) in [4.78, 5) is 0. The third-order valence-corrected chi connectivity index (χ3v) is 5.26. The van der Waals surface area contributed by atoms with Crippen molar-refractivity contribution in [2.45, 2.75) is 19.8 Å². The van der Waals surface area contributed by atoms with Crippen LogP contribution in [-0.2, 0) is 0 Å². The van der Waals surface area contributed by atoms with Crippen molar-refractivity contribution in [1.29, 1.82) is 5.26 Å². The maximum atomic E-state index is 9.87. The van der Waals surface area contributed by atoms with Crippen LogP contribution in [-0.4, -0.2) is 24.0 Å². The standard InChI is InChI=1S/C23H22N4O3/c1-13-5-7-15(8-6-13)27-23-20(14(2)26-27)21(18(12-24)22(25)30-23)17-10-9-16(28-3)11-19(17)29-4/h5-11,21H,25H2,1-4H3/t21-/m0/s1. The molecule has 1 aliphatic rings. The van der Waals surface area contributed by atoms with Crippen LogP contribution >= 0.6 is 0 Å². The second-order valence-electron chi connectivity index (χ2n) is 7.08. The molecular formula is C23H22N4O3. The van der Waals surface area contributed by atoms with E-state index in [1.165, 1.54) is 0 Å². The van der Waals surface area contributed by atoms with Crippen LogP contribution in [0.1, 0.15) is 28.3 Å². The molecular weight excluding hydrogens is 380 g/mol. The molecule has 1 atom stereocenters. The highest BCUT2D eigenvalue weighted by atomic mass is 16.5. The number of aryl methyl sites for hydroxylation is 2. The summed E-state index contributed by atoms with van der Waals surface area (Å²) in [5.74, 6) is 1.33. The zero-order valence-corrected chi connectivity index (χ0v) is 17.3. The summed E-state index contributed by atoms with van der Waals surface area (Å²) >= 11 is 0. The number of nitrogens with two attached hydrogens (primary N) is 1. The SMILES string of the molecule is COc1ccc([C@H]2C(C#N)=C(N)Oc3c2c(C)nn3-c2ccc(C)cc2)c(OC)c1. The first-order valence-corrected chi connectivity index (χ1v) is 9.44. The Balaban J connectivity index is 1.96. The topological polar surface area (TPSA) is 95.3 Å². The van der Waals surface area contributed by atoms with Crippen LogP contribution in [0.15, 0.2) is 53.9 Å². The normalized spacial score (nSPS) is 15.2. The lowest BCUT2D eigenvalue weighted by atomic mass is 9.83. The minimum Gasteiger partial charge on any atom is -0.497 e. The van der Waals surface area contributed by atoms with Crippen molar-refractivity contribution in [2.75, 3.05) is 14.2 Å². The zero-order valence-electron chi connectivity index (χ0n) is 17.3. The lowest BCUT2D eigenvalue weighted by Crippen LogP contribution is -2.22. The van der Waals surface area contributed by atoms with E-state index in [9.17, 15) is 5.26 Å². The third kappa shape index (κ3) is 3.03. The highest BCUT2D eigenvalue weighted by Gasteiger charge is 2.37. The van der Waals surface area contributed by atoms with Crippen molar-refractivity contribution in [1.82, 2.24) is 9.78 Å². The molecule has 0 fully saturated rings. The minimum atomic E-state index is -0.473. The monoisotopic (exact) mass is 402 g/mol. The zero-order chi connectivity index (χ0) is 21.4. The summed E-state index contributed by atoms with van der Waals surface area (Å²) in [6, 6.07) is 15.7. The largest absolute Gasteiger partial charge is 0.497 e. The first-order chi connectivity index (χ1) is 14.5. The van der Waals surface area contributed by atoms with Gasteiger partial charge in [0.15, 0.2) is 0 Å². The summed E-state index contributed by atoms with van der Waals surface area (Å²) in [6.07, 6.45) is 0. The van der Waals surface area contributed by atoms with E-state index in [0.717, 1.165) is 28.1 Å². The third-order valence-electron chi connectivity index (χ3n) is 5.26. The Kier molecular flexibility index (Phi) is 4.84. The number of hydrogen-bond donors (Lipinski definition) is 1. The van der Waals surface area contributed by atoms with Gasteiger partial charge in [0.1, 0.15) is 23.1 Å². The molecule has 7 heteroatoms. The van der Waals surface area contributed by atoms with Crippen molar-refractivity contribution in [3.8, 4) is 29.1 Å². The first kappa shape index (κ1) is 19.4.